The number of nitro benzene ring substituents is 1. The first-order valence-corrected chi connectivity index (χ1v) is 5.85. The minimum Gasteiger partial charge on any atom is -0.321 e. The molecule has 1 aromatic rings. The van der Waals surface area contributed by atoms with Gasteiger partial charge in [0.05, 0.1) is 11.0 Å². The molecule has 0 amide bonds. The van der Waals surface area contributed by atoms with E-state index in [1.807, 2.05) is 0 Å². The highest BCUT2D eigenvalue weighted by atomic mass is 19.3. The average Bonchev–Trinajstić information content (AvgIpc) is 2.33. The van der Waals surface area contributed by atoms with Crippen LogP contribution in [0.4, 0.5) is 18.9 Å². The summed E-state index contributed by atoms with van der Waals surface area (Å²) in [5, 5.41) is 10.5. The minimum atomic E-state index is -2.76. The summed E-state index contributed by atoms with van der Waals surface area (Å²) in [5.41, 5.74) is 4.49. The number of nitro groups is 1. The zero-order chi connectivity index (χ0) is 14.3. The number of halogens is 3. The Morgan fingerprint density at radius 3 is 2.26 bits per heavy atom. The van der Waals surface area contributed by atoms with Gasteiger partial charge in [-0.1, -0.05) is 0 Å². The second kappa shape index (κ2) is 4.48. The van der Waals surface area contributed by atoms with Crippen LogP contribution < -0.4 is 5.73 Å². The van der Waals surface area contributed by atoms with Crippen molar-refractivity contribution in [3.8, 4) is 0 Å². The number of nitrogens with zero attached hydrogens (tertiary/aromatic N) is 1. The lowest BCUT2D eigenvalue weighted by Gasteiger charge is -2.37. The normalized spacial score (nSPS) is 21.1. The van der Waals surface area contributed by atoms with Crippen molar-refractivity contribution in [3.05, 3.63) is 39.7 Å². The van der Waals surface area contributed by atoms with Gasteiger partial charge in [-0.3, -0.25) is 10.1 Å². The Balaban J connectivity index is 2.29. The summed E-state index contributed by atoms with van der Waals surface area (Å²) in [6, 6.07) is 3.13. The van der Waals surface area contributed by atoms with Gasteiger partial charge in [0.2, 0.25) is 5.92 Å². The van der Waals surface area contributed by atoms with E-state index in [1.54, 1.807) is 0 Å². The van der Waals surface area contributed by atoms with Crippen LogP contribution in [0.25, 0.3) is 0 Å². The van der Waals surface area contributed by atoms with Crippen LogP contribution in [-0.4, -0.2) is 10.8 Å². The van der Waals surface area contributed by atoms with Crippen LogP contribution in [0.5, 0.6) is 0 Å². The maximum atomic E-state index is 13.9. The lowest BCUT2D eigenvalue weighted by molar-refractivity contribution is -0.385. The van der Waals surface area contributed by atoms with E-state index in [0.717, 1.165) is 12.1 Å². The van der Waals surface area contributed by atoms with Gasteiger partial charge in [-0.2, -0.15) is 0 Å². The molecule has 104 valence electrons. The quantitative estimate of drug-likeness (QED) is 0.665. The molecule has 0 atom stereocenters. The number of alkyl halides is 2. The van der Waals surface area contributed by atoms with Gasteiger partial charge in [0, 0.05) is 30.0 Å². The van der Waals surface area contributed by atoms with Crippen molar-refractivity contribution in [3.63, 3.8) is 0 Å². The monoisotopic (exact) mass is 274 g/mol. The lowest BCUT2D eigenvalue weighted by Crippen LogP contribution is -2.44. The molecule has 1 fully saturated rings. The van der Waals surface area contributed by atoms with E-state index in [9.17, 15) is 23.3 Å². The SMILES string of the molecule is NC1(c2ccc([N+](=O)[O-])cc2F)CCC(F)(F)CC1. The van der Waals surface area contributed by atoms with E-state index in [0.29, 0.717) is 0 Å². The average molecular weight is 274 g/mol. The Morgan fingerprint density at radius 2 is 1.79 bits per heavy atom. The number of hydrogen-bond acceptors (Lipinski definition) is 3. The fraction of sp³-hybridized carbons (Fsp3) is 0.500. The summed E-state index contributed by atoms with van der Waals surface area (Å²) < 4.78 is 40.1. The van der Waals surface area contributed by atoms with Crippen molar-refractivity contribution in [1.29, 1.82) is 0 Å². The van der Waals surface area contributed by atoms with Gasteiger partial charge in [0.25, 0.3) is 5.69 Å². The highest BCUT2D eigenvalue weighted by molar-refractivity contribution is 5.37. The number of nitrogens with two attached hydrogens (primary N) is 1. The number of rotatable bonds is 2. The molecule has 0 unspecified atom stereocenters. The smallest absolute Gasteiger partial charge is 0.272 e. The highest BCUT2D eigenvalue weighted by Crippen LogP contribution is 2.43. The third-order valence-electron chi connectivity index (χ3n) is 3.57. The van der Waals surface area contributed by atoms with Gasteiger partial charge >= 0.3 is 0 Å². The van der Waals surface area contributed by atoms with Crippen LogP contribution in [0.3, 0.4) is 0 Å². The molecular formula is C12H13F3N2O2. The van der Waals surface area contributed by atoms with Crippen molar-refractivity contribution in [1.82, 2.24) is 0 Å². The lowest BCUT2D eigenvalue weighted by atomic mass is 9.76. The molecule has 0 aromatic heterocycles. The third kappa shape index (κ3) is 2.70. The molecule has 2 rings (SSSR count). The van der Waals surface area contributed by atoms with Crippen LogP contribution >= 0.6 is 0 Å². The van der Waals surface area contributed by atoms with Gasteiger partial charge in [0.15, 0.2) is 0 Å². The van der Waals surface area contributed by atoms with E-state index in [1.165, 1.54) is 6.07 Å². The van der Waals surface area contributed by atoms with Crippen LogP contribution in [0.1, 0.15) is 31.2 Å². The van der Waals surface area contributed by atoms with Crippen molar-refractivity contribution < 1.29 is 18.1 Å². The second-order valence-corrected chi connectivity index (χ2v) is 4.93. The molecule has 0 aliphatic heterocycles. The molecular weight excluding hydrogens is 261 g/mol. The fourth-order valence-corrected chi connectivity index (χ4v) is 2.35. The topological polar surface area (TPSA) is 69.2 Å². The van der Waals surface area contributed by atoms with E-state index in [2.05, 4.69) is 0 Å². The van der Waals surface area contributed by atoms with Crippen LogP contribution in [0.2, 0.25) is 0 Å². The molecule has 0 radical (unpaired) electrons. The van der Waals surface area contributed by atoms with Gasteiger partial charge in [-0.05, 0) is 18.9 Å². The summed E-state index contributed by atoms with van der Waals surface area (Å²) in [5.74, 6) is -3.58. The van der Waals surface area contributed by atoms with Crippen molar-refractivity contribution >= 4 is 5.69 Å². The van der Waals surface area contributed by atoms with Crippen LogP contribution in [-0.2, 0) is 5.54 Å². The summed E-state index contributed by atoms with van der Waals surface area (Å²) in [4.78, 5) is 9.80. The Morgan fingerprint density at radius 1 is 1.21 bits per heavy atom. The summed E-state index contributed by atoms with van der Waals surface area (Å²) in [6.45, 7) is 0. The maximum absolute atomic E-state index is 13.9. The number of non-ortho nitro benzene ring substituents is 1. The predicted octanol–water partition coefficient (Wildman–Crippen LogP) is 3.10. The molecule has 1 aromatic carbocycles. The van der Waals surface area contributed by atoms with Crippen LogP contribution in [0.15, 0.2) is 18.2 Å². The standard InChI is InChI=1S/C12H13F3N2O2/c13-10-7-8(17(18)19)1-2-9(10)11(16)3-5-12(14,15)6-4-11/h1-2,7H,3-6,16H2. The van der Waals surface area contributed by atoms with E-state index in [-0.39, 0.29) is 24.1 Å². The molecule has 2 N–H and O–H groups in total. The first kappa shape index (κ1) is 13.8. The molecule has 1 aliphatic rings. The van der Waals surface area contributed by atoms with E-state index >= 15 is 0 Å². The molecule has 0 spiro atoms. The molecule has 0 saturated heterocycles. The molecule has 1 aliphatic carbocycles. The molecule has 7 heteroatoms. The summed E-state index contributed by atoms with van der Waals surface area (Å²) in [7, 11) is 0. The summed E-state index contributed by atoms with van der Waals surface area (Å²) in [6.07, 6.45) is -0.899. The van der Waals surface area contributed by atoms with E-state index in [4.69, 9.17) is 5.73 Å². The first-order chi connectivity index (χ1) is 8.73. The van der Waals surface area contributed by atoms with Crippen molar-refractivity contribution in [2.75, 3.05) is 0 Å². The zero-order valence-corrected chi connectivity index (χ0v) is 10.0. The van der Waals surface area contributed by atoms with E-state index < -0.39 is 35.0 Å². The number of benzene rings is 1. The van der Waals surface area contributed by atoms with Gasteiger partial charge < -0.3 is 5.73 Å². The predicted molar refractivity (Wildman–Crippen MR) is 62.3 cm³/mol. The van der Waals surface area contributed by atoms with Crippen LogP contribution in [0, 0.1) is 15.9 Å². The highest BCUT2D eigenvalue weighted by Gasteiger charge is 2.43. The molecule has 0 heterocycles. The first-order valence-electron chi connectivity index (χ1n) is 5.85. The van der Waals surface area contributed by atoms with Gasteiger partial charge in [-0.15, -0.1) is 0 Å². The Labute approximate surface area is 107 Å². The molecule has 19 heavy (non-hydrogen) atoms. The maximum Gasteiger partial charge on any atom is 0.272 e. The van der Waals surface area contributed by atoms with Crippen molar-refractivity contribution in [2.24, 2.45) is 5.73 Å². The molecule has 0 bridgehead atoms. The Bertz CT molecular complexity index is 510. The minimum absolute atomic E-state index is 0.0469. The largest absolute Gasteiger partial charge is 0.321 e. The Kier molecular flexibility index (Phi) is 3.25. The molecule has 1 saturated carbocycles. The van der Waals surface area contributed by atoms with Crippen molar-refractivity contribution in [2.45, 2.75) is 37.1 Å². The van der Waals surface area contributed by atoms with Gasteiger partial charge in [-0.25, -0.2) is 13.2 Å². The summed E-state index contributed by atoms with van der Waals surface area (Å²) >= 11 is 0. The second-order valence-electron chi connectivity index (χ2n) is 4.93. The molecule has 4 nitrogen and oxygen atoms in total. The van der Waals surface area contributed by atoms with Gasteiger partial charge in [0.1, 0.15) is 5.82 Å². The zero-order valence-electron chi connectivity index (χ0n) is 10.0. The fourth-order valence-electron chi connectivity index (χ4n) is 2.35. The Hall–Kier alpha value is -1.63. The number of hydrogen-bond donors (Lipinski definition) is 1. The third-order valence-corrected chi connectivity index (χ3v) is 3.57.